The van der Waals surface area contributed by atoms with Gasteiger partial charge in [-0.2, -0.15) is 0 Å². The van der Waals surface area contributed by atoms with Crippen LogP contribution in [0.4, 0.5) is 0 Å². The molecule has 1 fully saturated rings. The summed E-state index contributed by atoms with van der Waals surface area (Å²) in [5.74, 6) is 0.131. The standard InChI is InChI=1S/C20H24N2O3/c1-15-3-4-17(16(2)13-15)5-6-19(23)21-8-10-22(11-9-21)20(24)18-7-12-25-14-18/h3-4,7,12-14H,5-6,8-11H2,1-2H3. The summed E-state index contributed by atoms with van der Waals surface area (Å²) in [6.07, 6.45) is 4.24. The molecular weight excluding hydrogens is 316 g/mol. The molecule has 0 bridgehead atoms. The van der Waals surface area contributed by atoms with Crippen LogP contribution in [0.2, 0.25) is 0 Å². The minimum absolute atomic E-state index is 0.0314. The number of aryl methyl sites for hydroxylation is 3. The van der Waals surface area contributed by atoms with Gasteiger partial charge in [-0.05, 0) is 37.5 Å². The SMILES string of the molecule is Cc1ccc(CCC(=O)N2CCN(C(=O)c3ccoc3)CC2)c(C)c1. The first-order chi connectivity index (χ1) is 12.0. The highest BCUT2D eigenvalue weighted by atomic mass is 16.3. The summed E-state index contributed by atoms with van der Waals surface area (Å²) in [5.41, 5.74) is 4.27. The second kappa shape index (κ2) is 7.55. The van der Waals surface area contributed by atoms with E-state index >= 15 is 0 Å². The third-order valence-electron chi connectivity index (χ3n) is 4.79. The van der Waals surface area contributed by atoms with E-state index in [-0.39, 0.29) is 11.8 Å². The van der Waals surface area contributed by atoms with E-state index in [1.165, 1.54) is 29.2 Å². The second-order valence-electron chi connectivity index (χ2n) is 6.61. The molecule has 25 heavy (non-hydrogen) atoms. The average molecular weight is 340 g/mol. The lowest BCUT2D eigenvalue weighted by molar-refractivity contribution is -0.132. The Hall–Kier alpha value is -2.56. The zero-order chi connectivity index (χ0) is 17.8. The maximum absolute atomic E-state index is 12.5. The maximum Gasteiger partial charge on any atom is 0.257 e. The smallest absolute Gasteiger partial charge is 0.257 e. The average Bonchev–Trinajstić information content (AvgIpc) is 3.15. The molecule has 2 aromatic rings. The van der Waals surface area contributed by atoms with Crippen molar-refractivity contribution in [2.45, 2.75) is 26.7 Å². The van der Waals surface area contributed by atoms with Gasteiger partial charge < -0.3 is 14.2 Å². The minimum atomic E-state index is -0.0314. The first kappa shape index (κ1) is 17.3. The molecule has 0 spiro atoms. The van der Waals surface area contributed by atoms with E-state index in [1.807, 2.05) is 4.90 Å². The molecule has 0 N–H and O–H groups in total. The number of furan rings is 1. The molecule has 5 nitrogen and oxygen atoms in total. The van der Waals surface area contributed by atoms with E-state index < -0.39 is 0 Å². The van der Waals surface area contributed by atoms with Gasteiger partial charge in [-0.1, -0.05) is 23.8 Å². The Labute approximate surface area is 148 Å². The zero-order valence-corrected chi connectivity index (χ0v) is 14.8. The Kier molecular flexibility index (Phi) is 5.22. The summed E-state index contributed by atoms with van der Waals surface area (Å²) in [6.45, 7) is 6.49. The summed E-state index contributed by atoms with van der Waals surface area (Å²) >= 11 is 0. The van der Waals surface area contributed by atoms with Gasteiger partial charge in [0.25, 0.3) is 5.91 Å². The van der Waals surface area contributed by atoms with Crippen molar-refractivity contribution >= 4 is 11.8 Å². The molecule has 3 rings (SSSR count). The van der Waals surface area contributed by atoms with E-state index in [9.17, 15) is 9.59 Å². The van der Waals surface area contributed by atoms with Crippen molar-refractivity contribution in [1.82, 2.24) is 9.80 Å². The molecule has 0 radical (unpaired) electrons. The van der Waals surface area contributed by atoms with E-state index in [0.29, 0.717) is 38.2 Å². The van der Waals surface area contributed by atoms with Crippen LogP contribution in [0.3, 0.4) is 0 Å². The molecule has 1 aliphatic rings. The zero-order valence-electron chi connectivity index (χ0n) is 14.8. The Balaban J connectivity index is 1.49. The molecule has 0 atom stereocenters. The number of carbonyl (C=O) groups excluding carboxylic acids is 2. The van der Waals surface area contributed by atoms with E-state index in [1.54, 1.807) is 11.0 Å². The lowest BCUT2D eigenvalue weighted by Crippen LogP contribution is -2.50. The molecular formula is C20H24N2O3. The van der Waals surface area contributed by atoms with Crippen LogP contribution in [0.15, 0.2) is 41.2 Å². The summed E-state index contributed by atoms with van der Waals surface area (Å²) in [5, 5.41) is 0. The van der Waals surface area contributed by atoms with Crippen molar-refractivity contribution < 1.29 is 14.0 Å². The van der Waals surface area contributed by atoms with Crippen molar-refractivity contribution in [2.24, 2.45) is 0 Å². The van der Waals surface area contributed by atoms with E-state index in [4.69, 9.17) is 4.42 Å². The monoisotopic (exact) mass is 340 g/mol. The van der Waals surface area contributed by atoms with Crippen LogP contribution in [0.1, 0.15) is 33.5 Å². The molecule has 0 saturated carbocycles. The molecule has 2 amide bonds. The van der Waals surface area contributed by atoms with Crippen molar-refractivity contribution in [2.75, 3.05) is 26.2 Å². The highest BCUT2D eigenvalue weighted by Gasteiger charge is 2.25. The third kappa shape index (κ3) is 4.10. The normalized spacial score (nSPS) is 14.6. The summed E-state index contributed by atoms with van der Waals surface area (Å²) in [4.78, 5) is 28.4. The number of amides is 2. The number of hydrogen-bond donors (Lipinski definition) is 0. The van der Waals surface area contributed by atoms with Gasteiger partial charge in [-0.15, -0.1) is 0 Å². The topological polar surface area (TPSA) is 53.8 Å². The van der Waals surface area contributed by atoms with Gasteiger partial charge in [0.15, 0.2) is 0 Å². The van der Waals surface area contributed by atoms with E-state index in [2.05, 4.69) is 32.0 Å². The lowest BCUT2D eigenvalue weighted by Gasteiger charge is -2.34. The number of benzene rings is 1. The number of piperazine rings is 1. The van der Waals surface area contributed by atoms with Crippen molar-refractivity contribution in [3.8, 4) is 0 Å². The van der Waals surface area contributed by atoms with Gasteiger partial charge in [0, 0.05) is 32.6 Å². The van der Waals surface area contributed by atoms with Gasteiger partial charge in [-0.3, -0.25) is 9.59 Å². The van der Waals surface area contributed by atoms with Crippen LogP contribution in [0.5, 0.6) is 0 Å². The van der Waals surface area contributed by atoms with Crippen LogP contribution < -0.4 is 0 Å². The number of hydrogen-bond acceptors (Lipinski definition) is 3. The van der Waals surface area contributed by atoms with Gasteiger partial charge in [0.05, 0.1) is 11.8 Å². The van der Waals surface area contributed by atoms with Crippen LogP contribution in [-0.2, 0) is 11.2 Å². The Morgan fingerprint density at radius 1 is 1.04 bits per heavy atom. The van der Waals surface area contributed by atoms with Crippen LogP contribution in [0, 0.1) is 13.8 Å². The molecule has 132 valence electrons. The molecule has 0 unspecified atom stereocenters. The summed E-state index contributed by atoms with van der Waals surface area (Å²) < 4.78 is 4.96. The van der Waals surface area contributed by atoms with Crippen LogP contribution in [-0.4, -0.2) is 47.8 Å². The van der Waals surface area contributed by atoms with Crippen molar-refractivity contribution in [3.05, 3.63) is 59.0 Å². The lowest BCUT2D eigenvalue weighted by atomic mass is 10.0. The van der Waals surface area contributed by atoms with Crippen molar-refractivity contribution in [1.29, 1.82) is 0 Å². The maximum atomic E-state index is 12.5. The largest absolute Gasteiger partial charge is 0.472 e. The first-order valence-corrected chi connectivity index (χ1v) is 8.70. The van der Waals surface area contributed by atoms with Gasteiger partial charge >= 0.3 is 0 Å². The molecule has 5 heteroatoms. The third-order valence-corrected chi connectivity index (χ3v) is 4.79. The van der Waals surface area contributed by atoms with Crippen molar-refractivity contribution in [3.63, 3.8) is 0 Å². The molecule has 1 aliphatic heterocycles. The van der Waals surface area contributed by atoms with Gasteiger partial charge in [0.2, 0.25) is 5.91 Å². The predicted octanol–water partition coefficient (Wildman–Crippen LogP) is 2.81. The molecule has 1 saturated heterocycles. The van der Waals surface area contributed by atoms with Crippen LogP contribution in [0.25, 0.3) is 0 Å². The molecule has 0 aliphatic carbocycles. The fourth-order valence-corrected chi connectivity index (χ4v) is 3.25. The fourth-order valence-electron chi connectivity index (χ4n) is 3.25. The number of nitrogens with zero attached hydrogens (tertiary/aromatic N) is 2. The quantitative estimate of drug-likeness (QED) is 0.860. The second-order valence-corrected chi connectivity index (χ2v) is 6.61. The van der Waals surface area contributed by atoms with Gasteiger partial charge in [0.1, 0.15) is 6.26 Å². The number of rotatable bonds is 4. The van der Waals surface area contributed by atoms with Crippen LogP contribution >= 0.6 is 0 Å². The first-order valence-electron chi connectivity index (χ1n) is 8.70. The Morgan fingerprint density at radius 3 is 2.40 bits per heavy atom. The highest BCUT2D eigenvalue weighted by molar-refractivity contribution is 5.94. The molecule has 1 aromatic carbocycles. The highest BCUT2D eigenvalue weighted by Crippen LogP contribution is 2.14. The molecule has 2 heterocycles. The predicted molar refractivity (Wildman–Crippen MR) is 95.4 cm³/mol. The van der Waals surface area contributed by atoms with E-state index in [0.717, 1.165) is 6.42 Å². The summed E-state index contributed by atoms with van der Waals surface area (Å²) in [6, 6.07) is 8.02. The Morgan fingerprint density at radius 2 is 1.76 bits per heavy atom. The van der Waals surface area contributed by atoms with Gasteiger partial charge in [-0.25, -0.2) is 0 Å². The number of carbonyl (C=O) groups is 2. The fraction of sp³-hybridized carbons (Fsp3) is 0.400. The minimum Gasteiger partial charge on any atom is -0.472 e. The summed E-state index contributed by atoms with van der Waals surface area (Å²) in [7, 11) is 0. The molecule has 1 aromatic heterocycles. The Bertz CT molecular complexity index is 744.